The molecular formula is C13H20N2O3S. The molecule has 1 fully saturated rings. The average molecular weight is 284 g/mol. The first-order chi connectivity index (χ1) is 9.00. The van der Waals surface area contributed by atoms with Crippen molar-refractivity contribution in [1.82, 2.24) is 4.31 Å². The van der Waals surface area contributed by atoms with Crippen molar-refractivity contribution in [2.24, 2.45) is 5.73 Å². The van der Waals surface area contributed by atoms with Crippen molar-refractivity contribution in [1.29, 1.82) is 0 Å². The van der Waals surface area contributed by atoms with Crippen LogP contribution in [0.5, 0.6) is 0 Å². The molecule has 19 heavy (non-hydrogen) atoms. The summed E-state index contributed by atoms with van der Waals surface area (Å²) < 4.78 is 26.6. The van der Waals surface area contributed by atoms with Gasteiger partial charge in [0.2, 0.25) is 10.0 Å². The minimum atomic E-state index is -3.52. The maximum atomic E-state index is 12.6. The van der Waals surface area contributed by atoms with E-state index in [-0.39, 0.29) is 12.6 Å². The topological polar surface area (TPSA) is 83.6 Å². The smallest absolute Gasteiger partial charge is 0.243 e. The summed E-state index contributed by atoms with van der Waals surface area (Å²) in [4.78, 5) is 0.310. The number of aliphatic hydroxyl groups is 1. The number of hydrogen-bond donors (Lipinski definition) is 2. The van der Waals surface area contributed by atoms with E-state index in [4.69, 9.17) is 5.73 Å². The Kier molecular flexibility index (Phi) is 4.25. The molecule has 0 aromatic heterocycles. The Bertz CT molecular complexity index is 557. The number of aliphatic hydroxyl groups excluding tert-OH is 1. The van der Waals surface area contributed by atoms with Gasteiger partial charge < -0.3 is 10.8 Å². The highest BCUT2D eigenvalue weighted by molar-refractivity contribution is 7.89. The van der Waals surface area contributed by atoms with Gasteiger partial charge in [-0.3, -0.25) is 0 Å². The summed E-state index contributed by atoms with van der Waals surface area (Å²) in [5.41, 5.74) is 7.16. The van der Waals surface area contributed by atoms with Crippen molar-refractivity contribution in [3.63, 3.8) is 0 Å². The first-order valence-corrected chi connectivity index (χ1v) is 7.87. The molecule has 1 aromatic carbocycles. The van der Waals surface area contributed by atoms with Crippen LogP contribution in [0.2, 0.25) is 0 Å². The Labute approximate surface area is 114 Å². The first-order valence-electron chi connectivity index (χ1n) is 6.43. The lowest BCUT2D eigenvalue weighted by atomic mass is 10.1. The van der Waals surface area contributed by atoms with Gasteiger partial charge in [-0.25, -0.2) is 8.42 Å². The van der Waals surface area contributed by atoms with E-state index in [1.807, 2.05) is 0 Å². The molecule has 5 nitrogen and oxygen atoms in total. The van der Waals surface area contributed by atoms with Gasteiger partial charge >= 0.3 is 0 Å². The Morgan fingerprint density at radius 1 is 1.47 bits per heavy atom. The number of sulfonamides is 1. The molecule has 0 saturated carbocycles. The van der Waals surface area contributed by atoms with Crippen LogP contribution in [0, 0.1) is 6.92 Å². The van der Waals surface area contributed by atoms with Crippen molar-refractivity contribution < 1.29 is 13.5 Å². The van der Waals surface area contributed by atoms with Crippen LogP contribution in [-0.2, 0) is 16.6 Å². The number of hydrogen-bond acceptors (Lipinski definition) is 4. The third kappa shape index (κ3) is 2.67. The van der Waals surface area contributed by atoms with Crippen LogP contribution in [0.25, 0.3) is 0 Å². The second-order valence-corrected chi connectivity index (χ2v) is 6.76. The predicted octanol–water partition coefficient (Wildman–Crippen LogP) is 0.599. The monoisotopic (exact) mass is 284 g/mol. The fraction of sp³-hybridized carbons (Fsp3) is 0.538. The lowest BCUT2D eigenvalue weighted by molar-refractivity contribution is 0.213. The molecule has 0 radical (unpaired) electrons. The number of nitrogens with two attached hydrogens (primary N) is 1. The quantitative estimate of drug-likeness (QED) is 0.848. The summed E-state index contributed by atoms with van der Waals surface area (Å²) >= 11 is 0. The molecule has 3 N–H and O–H groups in total. The van der Waals surface area contributed by atoms with E-state index in [1.165, 1.54) is 4.31 Å². The van der Waals surface area contributed by atoms with Crippen molar-refractivity contribution in [3.05, 3.63) is 29.3 Å². The lowest BCUT2D eigenvalue weighted by Gasteiger charge is -2.23. The SMILES string of the molecule is Cc1cc(CN)ccc1S(=O)(=O)N1CCCC1CO. The molecule has 2 rings (SSSR count). The lowest BCUT2D eigenvalue weighted by Crippen LogP contribution is -2.37. The minimum absolute atomic E-state index is 0.126. The molecular weight excluding hydrogens is 264 g/mol. The van der Waals surface area contributed by atoms with E-state index in [9.17, 15) is 13.5 Å². The van der Waals surface area contributed by atoms with Crippen molar-refractivity contribution in [2.45, 2.75) is 37.2 Å². The van der Waals surface area contributed by atoms with Crippen molar-refractivity contribution >= 4 is 10.0 Å². The highest BCUT2D eigenvalue weighted by Gasteiger charge is 2.35. The van der Waals surface area contributed by atoms with Gasteiger partial charge in [0.05, 0.1) is 11.5 Å². The van der Waals surface area contributed by atoms with Crippen molar-refractivity contribution in [3.8, 4) is 0 Å². The number of aryl methyl sites for hydroxylation is 1. The summed E-state index contributed by atoms with van der Waals surface area (Å²) in [5, 5.41) is 9.28. The summed E-state index contributed by atoms with van der Waals surface area (Å²) in [7, 11) is -3.52. The molecule has 1 aromatic rings. The molecule has 0 aliphatic carbocycles. The van der Waals surface area contributed by atoms with E-state index < -0.39 is 10.0 Å². The molecule has 1 aliphatic rings. The van der Waals surface area contributed by atoms with Gasteiger partial charge in [-0.15, -0.1) is 0 Å². The molecule has 0 spiro atoms. The Morgan fingerprint density at radius 3 is 2.79 bits per heavy atom. The zero-order valence-corrected chi connectivity index (χ0v) is 11.9. The van der Waals surface area contributed by atoms with Crippen LogP contribution in [0.4, 0.5) is 0 Å². The van der Waals surface area contributed by atoms with Crippen LogP contribution < -0.4 is 5.73 Å². The molecule has 1 heterocycles. The second kappa shape index (κ2) is 5.58. The van der Waals surface area contributed by atoms with Crippen molar-refractivity contribution in [2.75, 3.05) is 13.2 Å². The van der Waals surface area contributed by atoms with Crippen LogP contribution in [0.3, 0.4) is 0 Å². The van der Waals surface area contributed by atoms with Gasteiger partial charge in [0.15, 0.2) is 0 Å². The van der Waals surface area contributed by atoms with Gasteiger partial charge in [-0.1, -0.05) is 12.1 Å². The molecule has 1 atom stereocenters. The largest absolute Gasteiger partial charge is 0.395 e. The molecule has 106 valence electrons. The fourth-order valence-corrected chi connectivity index (χ4v) is 4.45. The third-order valence-corrected chi connectivity index (χ3v) is 5.71. The third-order valence-electron chi connectivity index (χ3n) is 3.60. The van der Waals surface area contributed by atoms with E-state index in [0.717, 1.165) is 18.4 Å². The van der Waals surface area contributed by atoms with Gasteiger partial charge in [0.1, 0.15) is 0 Å². The summed E-state index contributed by atoms with van der Waals surface area (Å²) in [6.07, 6.45) is 1.51. The van der Waals surface area contributed by atoms with Crippen LogP contribution in [0.15, 0.2) is 23.1 Å². The van der Waals surface area contributed by atoms with Gasteiger partial charge in [-0.05, 0) is 37.0 Å². The average Bonchev–Trinajstić information content (AvgIpc) is 2.87. The van der Waals surface area contributed by atoms with Gasteiger partial charge in [0.25, 0.3) is 0 Å². The Balaban J connectivity index is 2.39. The number of rotatable bonds is 4. The minimum Gasteiger partial charge on any atom is -0.395 e. The van der Waals surface area contributed by atoms with Crippen LogP contribution in [0.1, 0.15) is 24.0 Å². The number of nitrogens with zero attached hydrogens (tertiary/aromatic N) is 1. The van der Waals surface area contributed by atoms with Crippen LogP contribution >= 0.6 is 0 Å². The maximum absolute atomic E-state index is 12.6. The van der Waals surface area contributed by atoms with E-state index in [2.05, 4.69) is 0 Å². The fourth-order valence-electron chi connectivity index (χ4n) is 2.56. The standard InChI is InChI=1S/C13H20N2O3S/c1-10-7-11(8-14)4-5-13(10)19(17,18)15-6-2-3-12(15)9-16/h4-5,7,12,16H,2-3,6,8-9,14H2,1H3. The second-order valence-electron chi connectivity index (χ2n) is 4.90. The molecule has 0 amide bonds. The molecule has 1 unspecified atom stereocenters. The molecule has 1 aliphatic heterocycles. The normalized spacial score (nSPS) is 20.9. The molecule has 6 heteroatoms. The zero-order chi connectivity index (χ0) is 14.0. The van der Waals surface area contributed by atoms with E-state index in [0.29, 0.717) is 23.5 Å². The number of benzene rings is 1. The van der Waals surface area contributed by atoms with E-state index in [1.54, 1.807) is 25.1 Å². The van der Waals surface area contributed by atoms with Gasteiger partial charge in [0, 0.05) is 19.1 Å². The first kappa shape index (κ1) is 14.5. The van der Waals surface area contributed by atoms with E-state index >= 15 is 0 Å². The summed E-state index contributed by atoms with van der Waals surface area (Å²) in [6, 6.07) is 4.86. The summed E-state index contributed by atoms with van der Waals surface area (Å²) in [5.74, 6) is 0. The Morgan fingerprint density at radius 2 is 2.21 bits per heavy atom. The van der Waals surface area contributed by atoms with Gasteiger partial charge in [-0.2, -0.15) is 4.31 Å². The zero-order valence-electron chi connectivity index (χ0n) is 11.0. The van der Waals surface area contributed by atoms with Crippen LogP contribution in [-0.4, -0.2) is 37.0 Å². The highest BCUT2D eigenvalue weighted by Crippen LogP contribution is 2.27. The predicted molar refractivity (Wildman–Crippen MR) is 73.1 cm³/mol. The highest BCUT2D eigenvalue weighted by atomic mass is 32.2. The molecule has 0 bridgehead atoms. The Hall–Kier alpha value is -0.950. The summed E-state index contributed by atoms with van der Waals surface area (Å²) in [6.45, 7) is 2.52. The maximum Gasteiger partial charge on any atom is 0.243 e. The molecule has 1 saturated heterocycles.